The van der Waals surface area contributed by atoms with E-state index in [1.165, 1.54) is 11.3 Å². The van der Waals surface area contributed by atoms with Crippen molar-refractivity contribution in [2.75, 3.05) is 13.1 Å². The van der Waals surface area contributed by atoms with E-state index in [0.29, 0.717) is 5.92 Å². The van der Waals surface area contributed by atoms with E-state index >= 15 is 0 Å². The van der Waals surface area contributed by atoms with Crippen LogP contribution in [0.1, 0.15) is 11.3 Å². The Hall–Kier alpha value is -2.46. The molecule has 3 aromatic rings. The molecule has 1 aromatic carbocycles. The van der Waals surface area contributed by atoms with Crippen molar-refractivity contribution in [2.45, 2.75) is 20.0 Å². The van der Waals surface area contributed by atoms with Gasteiger partial charge in [0.2, 0.25) is 0 Å². The van der Waals surface area contributed by atoms with Crippen molar-refractivity contribution in [1.29, 1.82) is 0 Å². The van der Waals surface area contributed by atoms with Crippen LogP contribution in [0.5, 0.6) is 0 Å². The first-order valence-electron chi connectivity index (χ1n) is 8.48. The standard InChI is InChI=1S/C20H22N4/c1-16-11-22-20(19-7-9-21-10-8-19)24(16)15-18-13-23(14-18)12-17-5-3-2-4-6-17/h2-11,18H,12-15H2,1H3. The van der Waals surface area contributed by atoms with Crippen LogP contribution in [0.25, 0.3) is 11.4 Å². The second-order valence-corrected chi connectivity index (χ2v) is 6.62. The highest BCUT2D eigenvalue weighted by Gasteiger charge is 2.27. The lowest BCUT2D eigenvalue weighted by Crippen LogP contribution is -2.47. The first-order valence-corrected chi connectivity index (χ1v) is 8.48. The van der Waals surface area contributed by atoms with Crippen molar-refractivity contribution in [3.8, 4) is 11.4 Å². The predicted octanol–water partition coefficient (Wildman–Crippen LogP) is 3.39. The number of benzene rings is 1. The van der Waals surface area contributed by atoms with Crippen molar-refractivity contribution < 1.29 is 0 Å². The van der Waals surface area contributed by atoms with E-state index < -0.39 is 0 Å². The Morgan fingerprint density at radius 3 is 2.54 bits per heavy atom. The van der Waals surface area contributed by atoms with E-state index in [1.54, 1.807) is 0 Å². The highest BCUT2D eigenvalue weighted by Crippen LogP contribution is 2.25. The maximum absolute atomic E-state index is 4.61. The number of pyridine rings is 1. The van der Waals surface area contributed by atoms with Crippen LogP contribution in [-0.4, -0.2) is 32.5 Å². The largest absolute Gasteiger partial charge is 0.328 e. The molecule has 1 aliphatic heterocycles. The molecule has 4 rings (SSSR count). The Labute approximate surface area is 142 Å². The normalized spacial score (nSPS) is 15.4. The third-order valence-corrected chi connectivity index (χ3v) is 4.72. The lowest BCUT2D eigenvalue weighted by Gasteiger charge is -2.40. The third-order valence-electron chi connectivity index (χ3n) is 4.72. The average molecular weight is 318 g/mol. The minimum absolute atomic E-state index is 0.696. The molecule has 2 aromatic heterocycles. The predicted molar refractivity (Wildman–Crippen MR) is 95.4 cm³/mol. The fourth-order valence-corrected chi connectivity index (χ4v) is 3.44. The number of likely N-dealkylation sites (tertiary alicyclic amines) is 1. The van der Waals surface area contributed by atoms with Crippen LogP contribution < -0.4 is 0 Å². The van der Waals surface area contributed by atoms with Crippen LogP contribution in [0.3, 0.4) is 0 Å². The Kier molecular flexibility index (Phi) is 4.13. The van der Waals surface area contributed by atoms with Gasteiger partial charge in [0, 0.05) is 61.9 Å². The summed E-state index contributed by atoms with van der Waals surface area (Å²) in [4.78, 5) is 11.2. The summed E-state index contributed by atoms with van der Waals surface area (Å²) in [5.74, 6) is 1.75. The van der Waals surface area contributed by atoms with Crippen LogP contribution in [0, 0.1) is 12.8 Å². The molecule has 0 spiro atoms. The Morgan fingerprint density at radius 1 is 1.04 bits per heavy atom. The summed E-state index contributed by atoms with van der Waals surface area (Å²) in [6, 6.07) is 14.8. The van der Waals surface area contributed by atoms with Crippen molar-refractivity contribution in [3.63, 3.8) is 0 Å². The van der Waals surface area contributed by atoms with Crippen LogP contribution in [0.2, 0.25) is 0 Å². The molecule has 0 bridgehead atoms. The first-order chi connectivity index (χ1) is 11.8. The quantitative estimate of drug-likeness (QED) is 0.723. The Bertz CT molecular complexity index is 789. The lowest BCUT2D eigenvalue weighted by molar-refractivity contribution is 0.0803. The minimum atomic E-state index is 0.696. The Morgan fingerprint density at radius 2 is 1.79 bits per heavy atom. The fraction of sp³-hybridized carbons (Fsp3) is 0.300. The number of hydrogen-bond donors (Lipinski definition) is 0. The zero-order valence-corrected chi connectivity index (χ0v) is 14.0. The van der Waals surface area contributed by atoms with Crippen LogP contribution in [0.4, 0.5) is 0 Å². The van der Waals surface area contributed by atoms with Crippen molar-refractivity contribution >= 4 is 0 Å². The van der Waals surface area contributed by atoms with Gasteiger partial charge in [-0.1, -0.05) is 30.3 Å². The van der Waals surface area contributed by atoms with Gasteiger partial charge in [0.1, 0.15) is 5.82 Å². The molecule has 0 unspecified atom stereocenters. The number of rotatable bonds is 5. The van der Waals surface area contributed by atoms with Gasteiger partial charge in [-0.15, -0.1) is 0 Å². The summed E-state index contributed by atoms with van der Waals surface area (Å²) in [7, 11) is 0. The van der Waals surface area contributed by atoms with Gasteiger partial charge in [0.25, 0.3) is 0 Å². The molecule has 3 heterocycles. The number of nitrogens with zero attached hydrogens (tertiary/aromatic N) is 4. The zero-order valence-electron chi connectivity index (χ0n) is 14.0. The van der Waals surface area contributed by atoms with Gasteiger partial charge >= 0.3 is 0 Å². The molecule has 4 heteroatoms. The van der Waals surface area contributed by atoms with Crippen molar-refractivity contribution in [1.82, 2.24) is 19.4 Å². The lowest BCUT2D eigenvalue weighted by atomic mass is 9.98. The number of hydrogen-bond acceptors (Lipinski definition) is 3. The summed E-state index contributed by atoms with van der Waals surface area (Å²) in [6.07, 6.45) is 5.62. The summed E-state index contributed by atoms with van der Waals surface area (Å²) >= 11 is 0. The number of aromatic nitrogens is 3. The monoisotopic (exact) mass is 318 g/mol. The first kappa shape index (κ1) is 15.1. The average Bonchev–Trinajstić information content (AvgIpc) is 2.95. The van der Waals surface area contributed by atoms with E-state index in [-0.39, 0.29) is 0 Å². The molecule has 1 aliphatic rings. The molecule has 0 N–H and O–H groups in total. The highest BCUT2D eigenvalue weighted by atomic mass is 15.2. The molecular weight excluding hydrogens is 296 g/mol. The van der Waals surface area contributed by atoms with Crippen LogP contribution >= 0.6 is 0 Å². The SMILES string of the molecule is Cc1cnc(-c2ccncc2)n1CC1CN(Cc2ccccc2)C1. The fourth-order valence-electron chi connectivity index (χ4n) is 3.44. The molecule has 1 saturated heterocycles. The summed E-state index contributed by atoms with van der Waals surface area (Å²) < 4.78 is 2.35. The summed E-state index contributed by atoms with van der Waals surface area (Å²) in [5, 5.41) is 0. The van der Waals surface area contributed by atoms with Gasteiger partial charge in [0.15, 0.2) is 0 Å². The van der Waals surface area contributed by atoms with Crippen LogP contribution in [-0.2, 0) is 13.1 Å². The summed E-state index contributed by atoms with van der Waals surface area (Å²) in [5.41, 5.74) is 3.76. The Balaban J connectivity index is 1.40. The van der Waals surface area contributed by atoms with E-state index in [1.807, 2.05) is 30.7 Å². The van der Waals surface area contributed by atoms with Gasteiger partial charge in [-0.25, -0.2) is 4.98 Å². The second-order valence-electron chi connectivity index (χ2n) is 6.62. The molecule has 122 valence electrons. The highest BCUT2D eigenvalue weighted by molar-refractivity contribution is 5.55. The molecule has 1 fully saturated rings. The molecule has 0 amide bonds. The maximum Gasteiger partial charge on any atom is 0.140 e. The second kappa shape index (κ2) is 6.57. The van der Waals surface area contributed by atoms with Crippen molar-refractivity contribution in [3.05, 3.63) is 72.3 Å². The van der Waals surface area contributed by atoms with E-state index in [0.717, 1.165) is 37.6 Å². The smallest absolute Gasteiger partial charge is 0.140 e. The van der Waals surface area contributed by atoms with Gasteiger partial charge in [0.05, 0.1) is 0 Å². The molecule has 4 nitrogen and oxygen atoms in total. The molecular formula is C20H22N4. The number of imidazole rings is 1. The molecule has 0 aliphatic carbocycles. The van der Waals surface area contributed by atoms with Crippen LogP contribution in [0.15, 0.2) is 61.1 Å². The van der Waals surface area contributed by atoms with E-state index in [9.17, 15) is 0 Å². The maximum atomic E-state index is 4.61. The van der Waals surface area contributed by atoms with Gasteiger partial charge in [-0.05, 0) is 24.6 Å². The molecule has 0 saturated carbocycles. The van der Waals surface area contributed by atoms with E-state index in [4.69, 9.17) is 0 Å². The zero-order chi connectivity index (χ0) is 16.4. The van der Waals surface area contributed by atoms with E-state index in [2.05, 4.69) is 56.7 Å². The van der Waals surface area contributed by atoms with Crippen molar-refractivity contribution in [2.24, 2.45) is 5.92 Å². The molecule has 0 atom stereocenters. The number of aryl methyl sites for hydroxylation is 1. The minimum Gasteiger partial charge on any atom is -0.328 e. The summed E-state index contributed by atoms with van der Waals surface area (Å²) in [6.45, 7) is 6.54. The van der Waals surface area contributed by atoms with Gasteiger partial charge < -0.3 is 4.57 Å². The molecule has 24 heavy (non-hydrogen) atoms. The van der Waals surface area contributed by atoms with Gasteiger partial charge in [-0.3, -0.25) is 9.88 Å². The van der Waals surface area contributed by atoms with Gasteiger partial charge in [-0.2, -0.15) is 0 Å². The molecule has 0 radical (unpaired) electrons. The topological polar surface area (TPSA) is 34.0 Å². The third kappa shape index (κ3) is 3.10.